The van der Waals surface area contributed by atoms with Gasteiger partial charge in [0, 0.05) is 29.1 Å². The molecule has 3 aromatic rings. The van der Waals surface area contributed by atoms with Crippen LogP contribution in [0, 0.1) is 6.92 Å². The Morgan fingerprint density at radius 1 is 1.10 bits per heavy atom. The van der Waals surface area contributed by atoms with Gasteiger partial charge in [-0.15, -0.1) is 11.3 Å². The number of benzene rings is 2. The molecule has 1 aliphatic heterocycles. The summed E-state index contributed by atoms with van der Waals surface area (Å²) in [5, 5.41) is 3.12. The van der Waals surface area contributed by atoms with Crippen molar-refractivity contribution in [1.82, 2.24) is 4.98 Å². The maximum Gasteiger partial charge on any atom is 0.185 e. The number of nitrogens with zero attached hydrogens (tertiary/aromatic N) is 2. The second-order valence-corrected chi connectivity index (χ2v) is 11.0. The fourth-order valence-corrected chi connectivity index (χ4v) is 7.00. The molecule has 0 bridgehead atoms. The molecule has 0 spiro atoms. The van der Waals surface area contributed by atoms with Crippen molar-refractivity contribution in [2.75, 3.05) is 18.0 Å². The summed E-state index contributed by atoms with van der Waals surface area (Å²) in [4.78, 5) is 7.08. The lowest BCUT2D eigenvalue weighted by molar-refractivity contribution is 0.529. The van der Waals surface area contributed by atoms with E-state index < -0.39 is 15.1 Å². The van der Waals surface area contributed by atoms with Gasteiger partial charge in [0.2, 0.25) is 0 Å². The van der Waals surface area contributed by atoms with Crippen molar-refractivity contribution in [3.05, 3.63) is 63.5 Å². The van der Waals surface area contributed by atoms with Crippen LogP contribution in [0.4, 0.5) is 5.13 Å². The van der Waals surface area contributed by atoms with Gasteiger partial charge in [0.05, 0.1) is 20.9 Å². The molecule has 4 nitrogen and oxygen atoms in total. The maximum absolute atomic E-state index is 13.1. The number of rotatable bonds is 4. The first-order valence-electron chi connectivity index (χ1n) is 9.31. The van der Waals surface area contributed by atoms with Gasteiger partial charge in [-0.2, -0.15) is 0 Å². The van der Waals surface area contributed by atoms with Gasteiger partial charge in [-0.1, -0.05) is 47.5 Å². The Morgan fingerprint density at radius 3 is 2.55 bits per heavy atom. The summed E-state index contributed by atoms with van der Waals surface area (Å²) in [6.45, 7) is 3.36. The molecule has 4 rings (SSSR count). The van der Waals surface area contributed by atoms with E-state index in [2.05, 4.69) is 29.3 Å². The van der Waals surface area contributed by atoms with E-state index in [-0.39, 0.29) is 9.92 Å². The number of thiazole rings is 1. The smallest absolute Gasteiger partial charge is 0.185 e. The average Bonchev–Trinajstić information content (AvgIpc) is 3.20. The van der Waals surface area contributed by atoms with Crippen LogP contribution in [0.15, 0.2) is 52.7 Å². The van der Waals surface area contributed by atoms with Crippen LogP contribution in [0.5, 0.6) is 0 Å². The van der Waals surface area contributed by atoms with Crippen LogP contribution < -0.4 is 4.90 Å². The standard InChI is InChI=1S/C21H20Cl2N2O2S2/c1-14-4-2-3-5-17(14)19-13-28-21(24-19)25-10-8-16(9-11-25)29(26,27)20-12-15(22)6-7-18(20)23/h2-7,12-13,16H,8-11H2,1H3. The minimum Gasteiger partial charge on any atom is -0.348 e. The molecule has 8 heteroatoms. The van der Waals surface area contributed by atoms with Crippen molar-refractivity contribution in [2.45, 2.75) is 29.9 Å². The molecule has 0 atom stereocenters. The molecule has 0 unspecified atom stereocenters. The van der Waals surface area contributed by atoms with Crippen LogP contribution in [0.2, 0.25) is 10.0 Å². The third-order valence-electron chi connectivity index (χ3n) is 5.26. The molecule has 1 saturated heterocycles. The van der Waals surface area contributed by atoms with Crippen molar-refractivity contribution < 1.29 is 8.42 Å². The predicted molar refractivity (Wildman–Crippen MR) is 121 cm³/mol. The second-order valence-electron chi connectivity index (χ2n) is 7.14. The Balaban J connectivity index is 1.49. The van der Waals surface area contributed by atoms with E-state index in [0.717, 1.165) is 16.4 Å². The van der Waals surface area contributed by atoms with E-state index >= 15 is 0 Å². The average molecular weight is 467 g/mol. The number of hydrogen-bond donors (Lipinski definition) is 0. The Morgan fingerprint density at radius 2 is 1.83 bits per heavy atom. The SMILES string of the molecule is Cc1ccccc1-c1csc(N2CCC(S(=O)(=O)c3cc(Cl)ccc3Cl)CC2)n1. The fourth-order valence-electron chi connectivity index (χ4n) is 3.63. The zero-order valence-corrected chi connectivity index (χ0v) is 19.0. The van der Waals surface area contributed by atoms with Crippen molar-refractivity contribution >= 4 is 49.5 Å². The van der Waals surface area contributed by atoms with Gasteiger partial charge in [0.25, 0.3) is 0 Å². The summed E-state index contributed by atoms with van der Waals surface area (Å²) in [7, 11) is -3.52. The highest BCUT2D eigenvalue weighted by molar-refractivity contribution is 7.92. The van der Waals surface area contributed by atoms with Gasteiger partial charge in [0.1, 0.15) is 0 Å². The lowest BCUT2D eigenvalue weighted by atomic mass is 10.1. The van der Waals surface area contributed by atoms with Crippen LogP contribution in [0.25, 0.3) is 11.3 Å². The quantitative estimate of drug-likeness (QED) is 0.482. The summed E-state index contributed by atoms with van der Waals surface area (Å²) >= 11 is 13.7. The van der Waals surface area contributed by atoms with Gasteiger partial charge < -0.3 is 4.90 Å². The molecule has 0 N–H and O–H groups in total. The number of halogens is 2. The zero-order valence-electron chi connectivity index (χ0n) is 15.8. The molecule has 2 aromatic carbocycles. The minimum atomic E-state index is -3.52. The van der Waals surface area contributed by atoms with Gasteiger partial charge in [-0.25, -0.2) is 13.4 Å². The van der Waals surface area contributed by atoms with Gasteiger partial charge in [0.15, 0.2) is 15.0 Å². The van der Waals surface area contributed by atoms with Gasteiger partial charge >= 0.3 is 0 Å². The van der Waals surface area contributed by atoms with Crippen LogP contribution in [-0.2, 0) is 9.84 Å². The number of aromatic nitrogens is 1. The van der Waals surface area contributed by atoms with Crippen LogP contribution >= 0.6 is 34.5 Å². The van der Waals surface area contributed by atoms with Gasteiger partial charge in [-0.05, 0) is 43.5 Å². The first-order valence-corrected chi connectivity index (χ1v) is 12.5. The molecule has 1 aliphatic rings. The number of piperidine rings is 1. The molecule has 0 radical (unpaired) electrons. The largest absolute Gasteiger partial charge is 0.348 e. The van der Waals surface area contributed by atoms with Crippen LogP contribution in [-0.4, -0.2) is 31.7 Å². The van der Waals surface area contributed by atoms with Gasteiger partial charge in [-0.3, -0.25) is 0 Å². The highest BCUT2D eigenvalue weighted by Gasteiger charge is 2.33. The van der Waals surface area contributed by atoms with Crippen molar-refractivity contribution in [3.63, 3.8) is 0 Å². The summed E-state index contributed by atoms with van der Waals surface area (Å²) in [5.41, 5.74) is 3.28. The molecular formula is C21H20Cl2N2O2S2. The van der Waals surface area contributed by atoms with Crippen LogP contribution in [0.3, 0.4) is 0 Å². The number of anilines is 1. The van der Waals surface area contributed by atoms with Crippen molar-refractivity contribution in [3.8, 4) is 11.3 Å². The molecule has 29 heavy (non-hydrogen) atoms. The fraction of sp³-hybridized carbons (Fsp3) is 0.286. The van der Waals surface area contributed by atoms with E-state index in [1.54, 1.807) is 17.4 Å². The maximum atomic E-state index is 13.1. The van der Waals surface area contributed by atoms with Crippen molar-refractivity contribution in [1.29, 1.82) is 0 Å². The van der Waals surface area contributed by atoms with Crippen molar-refractivity contribution in [2.24, 2.45) is 0 Å². The molecule has 2 heterocycles. The first-order chi connectivity index (χ1) is 13.9. The Bertz CT molecular complexity index is 1140. The van der Waals surface area contributed by atoms with E-state index in [0.29, 0.717) is 31.0 Å². The zero-order chi connectivity index (χ0) is 20.6. The summed E-state index contributed by atoms with van der Waals surface area (Å²) in [6.07, 6.45) is 1.06. The normalized spacial score (nSPS) is 15.6. The second kappa shape index (κ2) is 8.26. The molecule has 0 aliphatic carbocycles. The summed E-state index contributed by atoms with van der Waals surface area (Å²) < 4.78 is 26.1. The number of aryl methyl sites for hydroxylation is 1. The third-order valence-corrected chi connectivity index (χ3v) is 9.14. The van der Waals surface area contributed by atoms with E-state index in [1.807, 2.05) is 12.1 Å². The Labute approximate surface area is 185 Å². The molecular weight excluding hydrogens is 447 g/mol. The number of hydrogen-bond acceptors (Lipinski definition) is 5. The Kier molecular flexibility index (Phi) is 5.89. The molecule has 0 saturated carbocycles. The van der Waals surface area contributed by atoms with E-state index in [1.165, 1.54) is 17.7 Å². The third kappa shape index (κ3) is 4.17. The summed E-state index contributed by atoms with van der Waals surface area (Å²) in [6, 6.07) is 12.8. The Hall–Kier alpha value is -1.60. The molecule has 0 amide bonds. The topological polar surface area (TPSA) is 50.3 Å². The number of sulfone groups is 1. The first kappa shape index (κ1) is 20.7. The monoisotopic (exact) mass is 466 g/mol. The predicted octanol–water partition coefficient (Wildman–Crippen LogP) is 5.87. The minimum absolute atomic E-state index is 0.126. The highest BCUT2D eigenvalue weighted by atomic mass is 35.5. The highest BCUT2D eigenvalue weighted by Crippen LogP contribution is 2.34. The molecule has 1 fully saturated rings. The summed E-state index contributed by atoms with van der Waals surface area (Å²) in [5.74, 6) is 0. The lowest BCUT2D eigenvalue weighted by Crippen LogP contribution is -2.39. The molecule has 1 aromatic heterocycles. The van der Waals surface area contributed by atoms with E-state index in [9.17, 15) is 8.42 Å². The van der Waals surface area contributed by atoms with Crippen LogP contribution in [0.1, 0.15) is 18.4 Å². The van der Waals surface area contributed by atoms with E-state index in [4.69, 9.17) is 28.2 Å². The molecule has 152 valence electrons. The lowest BCUT2D eigenvalue weighted by Gasteiger charge is -2.31.